The lowest BCUT2D eigenvalue weighted by Crippen LogP contribution is -2.02. The highest BCUT2D eigenvalue weighted by molar-refractivity contribution is 9.10. The Morgan fingerprint density at radius 1 is 1.17 bits per heavy atom. The molecule has 0 atom stereocenters. The molecule has 0 N–H and O–H groups in total. The van der Waals surface area contributed by atoms with Crippen molar-refractivity contribution in [1.82, 2.24) is 0 Å². The standard InChI is InChI=1S/C14H10BrFO2/c1-18-13-4-2-3-9(7-13)14(17)10-5-11(15)8-12(16)6-10/h2-8H,1H3. The van der Waals surface area contributed by atoms with Gasteiger partial charge in [-0.1, -0.05) is 28.1 Å². The molecule has 0 amide bonds. The summed E-state index contributed by atoms with van der Waals surface area (Å²) in [5.41, 5.74) is 0.766. The molecule has 0 aliphatic carbocycles. The zero-order valence-electron chi connectivity index (χ0n) is 9.61. The summed E-state index contributed by atoms with van der Waals surface area (Å²) in [6, 6.07) is 10.9. The van der Waals surface area contributed by atoms with Crippen LogP contribution in [0, 0.1) is 5.82 Å². The third kappa shape index (κ3) is 2.76. The van der Waals surface area contributed by atoms with E-state index < -0.39 is 5.82 Å². The molecule has 2 nitrogen and oxygen atoms in total. The molecule has 0 heterocycles. The van der Waals surface area contributed by atoms with Gasteiger partial charge in [0.25, 0.3) is 0 Å². The Kier molecular flexibility index (Phi) is 3.77. The molecular weight excluding hydrogens is 299 g/mol. The fourth-order valence-electron chi connectivity index (χ4n) is 1.62. The minimum Gasteiger partial charge on any atom is -0.497 e. The second kappa shape index (κ2) is 5.31. The fourth-order valence-corrected chi connectivity index (χ4v) is 2.08. The van der Waals surface area contributed by atoms with Gasteiger partial charge in [0.2, 0.25) is 0 Å². The summed E-state index contributed by atoms with van der Waals surface area (Å²) in [6.07, 6.45) is 0. The summed E-state index contributed by atoms with van der Waals surface area (Å²) in [5, 5.41) is 0. The van der Waals surface area contributed by atoms with Crippen molar-refractivity contribution >= 4 is 21.7 Å². The maximum Gasteiger partial charge on any atom is 0.193 e. The number of hydrogen-bond donors (Lipinski definition) is 0. The van der Waals surface area contributed by atoms with E-state index >= 15 is 0 Å². The van der Waals surface area contributed by atoms with E-state index in [2.05, 4.69) is 15.9 Å². The number of rotatable bonds is 3. The lowest BCUT2D eigenvalue weighted by Gasteiger charge is -2.05. The average Bonchev–Trinajstić information content (AvgIpc) is 2.37. The normalized spacial score (nSPS) is 10.2. The summed E-state index contributed by atoms with van der Waals surface area (Å²) in [7, 11) is 1.53. The fraction of sp³-hybridized carbons (Fsp3) is 0.0714. The molecular formula is C14H10BrFO2. The van der Waals surface area contributed by atoms with E-state index in [1.807, 2.05) is 0 Å². The number of methoxy groups -OCH3 is 1. The van der Waals surface area contributed by atoms with E-state index in [0.717, 1.165) is 0 Å². The van der Waals surface area contributed by atoms with Crippen molar-refractivity contribution in [3.63, 3.8) is 0 Å². The highest BCUT2D eigenvalue weighted by atomic mass is 79.9. The molecule has 0 fully saturated rings. The molecule has 92 valence electrons. The molecule has 2 aromatic carbocycles. The second-order valence-corrected chi connectivity index (χ2v) is 4.63. The van der Waals surface area contributed by atoms with Gasteiger partial charge in [-0.05, 0) is 30.3 Å². The maximum atomic E-state index is 13.2. The zero-order chi connectivity index (χ0) is 13.1. The number of ketones is 1. The summed E-state index contributed by atoms with van der Waals surface area (Å²) >= 11 is 3.17. The molecule has 2 aromatic rings. The Bertz CT molecular complexity index is 576. The van der Waals surface area contributed by atoms with Crippen LogP contribution >= 0.6 is 15.9 Å². The monoisotopic (exact) mass is 308 g/mol. The summed E-state index contributed by atoms with van der Waals surface area (Å²) in [4.78, 5) is 12.2. The van der Waals surface area contributed by atoms with Crippen LogP contribution in [-0.4, -0.2) is 12.9 Å². The first-order valence-corrected chi connectivity index (χ1v) is 6.04. The minimum absolute atomic E-state index is 0.242. The van der Waals surface area contributed by atoms with Crippen LogP contribution in [-0.2, 0) is 0 Å². The molecule has 0 saturated carbocycles. The Hall–Kier alpha value is -1.68. The molecule has 0 aliphatic rings. The number of carbonyl (C=O) groups is 1. The topological polar surface area (TPSA) is 26.3 Å². The molecule has 4 heteroatoms. The third-order valence-electron chi connectivity index (χ3n) is 2.46. The Labute approximate surface area is 113 Å². The van der Waals surface area contributed by atoms with Gasteiger partial charge in [-0.3, -0.25) is 4.79 Å². The maximum absolute atomic E-state index is 13.2. The van der Waals surface area contributed by atoms with Crippen LogP contribution in [0.25, 0.3) is 0 Å². The first-order valence-electron chi connectivity index (χ1n) is 5.25. The van der Waals surface area contributed by atoms with Gasteiger partial charge in [-0.25, -0.2) is 4.39 Å². The zero-order valence-corrected chi connectivity index (χ0v) is 11.2. The van der Waals surface area contributed by atoms with Crippen molar-refractivity contribution in [3.8, 4) is 5.75 Å². The van der Waals surface area contributed by atoms with E-state index in [1.165, 1.54) is 19.2 Å². The van der Waals surface area contributed by atoms with E-state index in [1.54, 1.807) is 30.3 Å². The van der Waals surface area contributed by atoms with E-state index in [-0.39, 0.29) is 5.78 Å². The van der Waals surface area contributed by atoms with E-state index in [4.69, 9.17) is 4.74 Å². The van der Waals surface area contributed by atoms with Gasteiger partial charge in [0.1, 0.15) is 11.6 Å². The van der Waals surface area contributed by atoms with Crippen LogP contribution in [0.3, 0.4) is 0 Å². The highest BCUT2D eigenvalue weighted by Crippen LogP contribution is 2.20. The van der Waals surface area contributed by atoms with Gasteiger partial charge in [-0.15, -0.1) is 0 Å². The molecule has 0 aromatic heterocycles. The van der Waals surface area contributed by atoms with E-state index in [0.29, 0.717) is 21.3 Å². The molecule has 0 bridgehead atoms. The van der Waals surface area contributed by atoms with Crippen LogP contribution in [0.4, 0.5) is 4.39 Å². The summed E-state index contributed by atoms with van der Waals surface area (Å²) in [5.74, 6) is -0.0963. The van der Waals surface area contributed by atoms with Crippen LogP contribution < -0.4 is 4.74 Å². The molecule has 0 aliphatic heterocycles. The molecule has 0 saturated heterocycles. The lowest BCUT2D eigenvalue weighted by atomic mass is 10.0. The Morgan fingerprint density at radius 3 is 2.61 bits per heavy atom. The average molecular weight is 309 g/mol. The largest absolute Gasteiger partial charge is 0.497 e. The lowest BCUT2D eigenvalue weighted by molar-refractivity contribution is 0.103. The quantitative estimate of drug-likeness (QED) is 0.806. The van der Waals surface area contributed by atoms with Gasteiger partial charge < -0.3 is 4.74 Å². The smallest absolute Gasteiger partial charge is 0.193 e. The van der Waals surface area contributed by atoms with E-state index in [9.17, 15) is 9.18 Å². The van der Waals surface area contributed by atoms with Gasteiger partial charge in [-0.2, -0.15) is 0 Å². The van der Waals surface area contributed by atoms with Crippen LogP contribution in [0.5, 0.6) is 5.75 Å². The van der Waals surface area contributed by atoms with Gasteiger partial charge in [0.15, 0.2) is 5.78 Å². The molecule has 0 spiro atoms. The second-order valence-electron chi connectivity index (χ2n) is 3.72. The highest BCUT2D eigenvalue weighted by Gasteiger charge is 2.11. The first-order chi connectivity index (χ1) is 8.60. The van der Waals surface area contributed by atoms with Crippen molar-refractivity contribution in [3.05, 3.63) is 63.9 Å². The molecule has 0 unspecified atom stereocenters. The number of halogens is 2. The third-order valence-corrected chi connectivity index (χ3v) is 2.91. The van der Waals surface area contributed by atoms with Gasteiger partial charge in [0, 0.05) is 15.6 Å². The molecule has 18 heavy (non-hydrogen) atoms. The number of carbonyl (C=O) groups excluding carboxylic acids is 1. The Balaban J connectivity index is 2.41. The van der Waals surface area contributed by atoms with Crippen molar-refractivity contribution in [1.29, 1.82) is 0 Å². The summed E-state index contributed by atoms with van der Waals surface area (Å²) < 4.78 is 18.8. The van der Waals surface area contributed by atoms with Crippen LogP contribution in [0.2, 0.25) is 0 Å². The molecule has 2 rings (SSSR count). The van der Waals surface area contributed by atoms with Crippen LogP contribution in [0.15, 0.2) is 46.9 Å². The van der Waals surface area contributed by atoms with Gasteiger partial charge >= 0.3 is 0 Å². The van der Waals surface area contributed by atoms with Gasteiger partial charge in [0.05, 0.1) is 7.11 Å². The van der Waals surface area contributed by atoms with Crippen molar-refractivity contribution in [2.45, 2.75) is 0 Å². The van der Waals surface area contributed by atoms with Crippen LogP contribution in [0.1, 0.15) is 15.9 Å². The number of ether oxygens (including phenoxy) is 1. The van der Waals surface area contributed by atoms with Crippen molar-refractivity contribution < 1.29 is 13.9 Å². The SMILES string of the molecule is COc1cccc(C(=O)c2cc(F)cc(Br)c2)c1. The predicted octanol–water partition coefficient (Wildman–Crippen LogP) is 3.83. The summed E-state index contributed by atoms with van der Waals surface area (Å²) in [6.45, 7) is 0. The number of hydrogen-bond acceptors (Lipinski definition) is 2. The first kappa shape index (κ1) is 12.8. The number of benzene rings is 2. The van der Waals surface area contributed by atoms with Crippen molar-refractivity contribution in [2.24, 2.45) is 0 Å². The predicted molar refractivity (Wildman–Crippen MR) is 70.5 cm³/mol. The Morgan fingerprint density at radius 2 is 1.94 bits per heavy atom. The van der Waals surface area contributed by atoms with Crippen molar-refractivity contribution in [2.75, 3.05) is 7.11 Å². The minimum atomic E-state index is -0.448. The molecule has 0 radical (unpaired) electrons.